The first-order chi connectivity index (χ1) is 9.56. The molecule has 0 saturated carbocycles. The zero-order chi connectivity index (χ0) is 15.0. The van der Waals surface area contributed by atoms with E-state index in [1.807, 2.05) is 6.07 Å². The van der Waals surface area contributed by atoms with Crippen LogP contribution in [0.5, 0.6) is 0 Å². The van der Waals surface area contributed by atoms with E-state index in [0.717, 1.165) is 12.0 Å². The van der Waals surface area contributed by atoms with Crippen LogP contribution in [0.4, 0.5) is 5.69 Å². The lowest BCUT2D eigenvalue weighted by Gasteiger charge is -2.14. The SMILES string of the molecule is CCCCCCC(C)NCc1cccc([N+](=O)[O-])c1Br. The van der Waals surface area contributed by atoms with Crippen molar-refractivity contribution in [1.82, 2.24) is 5.32 Å². The largest absolute Gasteiger partial charge is 0.310 e. The Hall–Kier alpha value is -0.940. The number of nitrogens with zero attached hydrogens (tertiary/aromatic N) is 1. The predicted molar refractivity (Wildman–Crippen MR) is 85.9 cm³/mol. The summed E-state index contributed by atoms with van der Waals surface area (Å²) in [6, 6.07) is 5.58. The van der Waals surface area contributed by atoms with E-state index in [1.165, 1.54) is 31.7 Å². The summed E-state index contributed by atoms with van der Waals surface area (Å²) in [5.74, 6) is 0. The minimum atomic E-state index is -0.359. The molecule has 0 bridgehead atoms. The highest BCUT2D eigenvalue weighted by atomic mass is 79.9. The Morgan fingerprint density at radius 2 is 2.10 bits per heavy atom. The van der Waals surface area contributed by atoms with Crippen molar-refractivity contribution in [2.45, 2.75) is 58.5 Å². The Kier molecular flexibility index (Phi) is 7.77. The quantitative estimate of drug-likeness (QED) is 0.398. The number of rotatable bonds is 9. The fourth-order valence-corrected chi connectivity index (χ4v) is 2.66. The van der Waals surface area contributed by atoms with Crippen molar-refractivity contribution in [3.8, 4) is 0 Å². The van der Waals surface area contributed by atoms with Gasteiger partial charge in [0.15, 0.2) is 0 Å². The van der Waals surface area contributed by atoms with Gasteiger partial charge in [-0.3, -0.25) is 10.1 Å². The lowest BCUT2D eigenvalue weighted by atomic mass is 10.1. The van der Waals surface area contributed by atoms with Crippen LogP contribution in [0.3, 0.4) is 0 Å². The standard InChI is InChI=1S/C15H23BrN2O2/c1-3-4-5-6-8-12(2)17-11-13-9-7-10-14(15(13)16)18(19)20/h7,9-10,12,17H,3-6,8,11H2,1-2H3. The van der Waals surface area contributed by atoms with Crippen molar-refractivity contribution >= 4 is 21.6 Å². The van der Waals surface area contributed by atoms with Gasteiger partial charge in [-0.05, 0) is 34.8 Å². The predicted octanol–water partition coefficient (Wildman–Crippen LogP) is 4.81. The summed E-state index contributed by atoms with van der Waals surface area (Å²) >= 11 is 3.32. The molecule has 1 unspecified atom stereocenters. The molecule has 112 valence electrons. The molecule has 5 heteroatoms. The molecule has 1 atom stereocenters. The molecule has 4 nitrogen and oxygen atoms in total. The highest BCUT2D eigenvalue weighted by molar-refractivity contribution is 9.10. The summed E-state index contributed by atoms with van der Waals surface area (Å²) in [6.07, 6.45) is 6.21. The Morgan fingerprint density at radius 1 is 1.35 bits per heavy atom. The van der Waals surface area contributed by atoms with Crippen LogP contribution in [-0.4, -0.2) is 11.0 Å². The van der Waals surface area contributed by atoms with Crippen molar-refractivity contribution in [1.29, 1.82) is 0 Å². The van der Waals surface area contributed by atoms with E-state index in [0.29, 0.717) is 17.1 Å². The van der Waals surface area contributed by atoms with E-state index in [1.54, 1.807) is 6.07 Å². The fourth-order valence-electron chi connectivity index (χ4n) is 2.11. The second-order valence-corrected chi connectivity index (χ2v) is 5.93. The molecule has 0 amide bonds. The minimum Gasteiger partial charge on any atom is -0.310 e. The van der Waals surface area contributed by atoms with Crippen LogP contribution in [0.2, 0.25) is 0 Å². The Balaban J connectivity index is 2.45. The van der Waals surface area contributed by atoms with Crippen LogP contribution in [0.25, 0.3) is 0 Å². The van der Waals surface area contributed by atoms with Crippen molar-refractivity contribution in [2.75, 3.05) is 0 Å². The monoisotopic (exact) mass is 342 g/mol. The average molecular weight is 343 g/mol. The van der Waals surface area contributed by atoms with Gasteiger partial charge in [-0.25, -0.2) is 0 Å². The maximum absolute atomic E-state index is 10.9. The molecule has 1 aromatic carbocycles. The molecule has 20 heavy (non-hydrogen) atoms. The molecule has 1 N–H and O–H groups in total. The first-order valence-electron chi connectivity index (χ1n) is 7.21. The lowest BCUT2D eigenvalue weighted by molar-refractivity contribution is -0.385. The molecule has 0 heterocycles. The molecule has 0 aliphatic carbocycles. The topological polar surface area (TPSA) is 55.2 Å². The molecule has 0 aliphatic rings. The second kappa shape index (κ2) is 9.08. The van der Waals surface area contributed by atoms with Crippen LogP contribution in [0.1, 0.15) is 51.5 Å². The molecule has 0 fully saturated rings. The van der Waals surface area contributed by atoms with Crippen molar-refractivity contribution in [3.05, 3.63) is 38.3 Å². The van der Waals surface area contributed by atoms with Gasteiger partial charge in [0.1, 0.15) is 0 Å². The third-order valence-corrected chi connectivity index (χ3v) is 4.30. The second-order valence-electron chi connectivity index (χ2n) is 5.14. The van der Waals surface area contributed by atoms with E-state index < -0.39 is 0 Å². The van der Waals surface area contributed by atoms with Gasteiger partial charge in [0.25, 0.3) is 5.69 Å². The summed E-state index contributed by atoms with van der Waals surface area (Å²) in [5.41, 5.74) is 1.06. The maximum atomic E-state index is 10.9. The normalized spacial score (nSPS) is 12.3. The summed E-state index contributed by atoms with van der Waals surface area (Å²) in [5, 5.41) is 14.3. The number of unbranched alkanes of at least 4 members (excludes halogenated alkanes) is 3. The molecule has 0 aliphatic heterocycles. The maximum Gasteiger partial charge on any atom is 0.283 e. The molecular formula is C15H23BrN2O2. The van der Waals surface area contributed by atoms with Crippen LogP contribution >= 0.6 is 15.9 Å². The molecule has 0 spiro atoms. The number of nitro groups is 1. The molecule has 1 rings (SSSR count). The van der Waals surface area contributed by atoms with Gasteiger partial charge in [0.05, 0.1) is 9.40 Å². The van der Waals surface area contributed by atoms with E-state index >= 15 is 0 Å². The molecular weight excluding hydrogens is 320 g/mol. The first kappa shape index (κ1) is 17.1. The van der Waals surface area contributed by atoms with Crippen LogP contribution in [0, 0.1) is 10.1 Å². The first-order valence-corrected chi connectivity index (χ1v) is 8.00. The number of nitro benzene ring substituents is 1. The van der Waals surface area contributed by atoms with E-state index in [-0.39, 0.29) is 10.6 Å². The van der Waals surface area contributed by atoms with Crippen molar-refractivity contribution in [3.63, 3.8) is 0 Å². The smallest absolute Gasteiger partial charge is 0.283 e. The van der Waals surface area contributed by atoms with E-state index in [2.05, 4.69) is 35.1 Å². The Bertz CT molecular complexity index is 438. The highest BCUT2D eigenvalue weighted by Gasteiger charge is 2.14. The Morgan fingerprint density at radius 3 is 2.75 bits per heavy atom. The molecule has 0 saturated heterocycles. The van der Waals surface area contributed by atoms with Gasteiger partial charge in [-0.1, -0.05) is 44.7 Å². The number of nitrogens with one attached hydrogen (secondary N) is 1. The minimum absolute atomic E-state index is 0.125. The Labute approximate surface area is 129 Å². The molecule has 1 aromatic rings. The fraction of sp³-hybridized carbons (Fsp3) is 0.600. The summed E-state index contributed by atoms with van der Waals surface area (Å²) < 4.78 is 0.579. The summed E-state index contributed by atoms with van der Waals surface area (Å²) in [7, 11) is 0. The molecule has 0 radical (unpaired) electrons. The molecule has 0 aromatic heterocycles. The van der Waals surface area contributed by atoms with Gasteiger partial charge in [-0.2, -0.15) is 0 Å². The van der Waals surface area contributed by atoms with Gasteiger partial charge < -0.3 is 5.32 Å². The van der Waals surface area contributed by atoms with Gasteiger partial charge >= 0.3 is 0 Å². The van der Waals surface area contributed by atoms with Crippen LogP contribution in [0.15, 0.2) is 22.7 Å². The van der Waals surface area contributed by atoms with Gasteiger partial charge in [0.2, 0.25) is 0 Å². The number of benzene rings is 1. The number of halogens is 1. The van der Waals surface area contributed by atoms with Gasteiger partial charge in [-0.15, -0.1) is 0 Å². The van der Waals surface area contributed by atoms with Gasteiger partial charge in [0, 0.05) is 18.7 Å². The van der Waals surface area contributed by atoms with Crippen LogP contribution < -0.4 is 5.32 Å². The van der Waals surface area contributed by atoms with Crippen molar-refractivity contribution < 1.29 is 4.92 Å². The summed E-state index contributed by atoms with van der Waals surface area (Å²) in [6.45, 7) is 5.02. The third kappa shape index (κ3) is 5.59. The van der Waals surface area contributed by atoms with E-state index in [4.69, 9.17) is 0 Å². The third-order valence-electron chi connectivity index (χ3n) is 3.39. The van der Waals surface area contributed by atoms with Crippen molar-refractivity contribution in [2.24, 2.45) is 0 Å². The van der Waals surface area contributed by atoms with Crippen LogP contribution in [-0.2, 0) is 6.54 Å². The average Bonchev–Trinajstić information content (AvgIpc) is 2.42. The number of hydrogen-bond donors (Lipinski definition) is 1. The zero-order valence-corrected chi connectivity index (χ0v) is 13.8. The van der Waals surface area contributed by atoms with E-state index in [9.17, 15) is 10.1 Å². The lowest BCUT2D eigenvalue weighted by Crippen LogP contribution is -2.25. The summed E-state index contributed by atoms with van der Waals surface area (Å²) in [4.78, 5) is 10.5. The number of hydrogen-bond acceptors (Lipinski definition) is 3. The zero-order valence-electron chi connectivity index (χ0n) is 12.2. The highest BCUT2D eigenvalue weighted by Crippen LogP contribution is 2.28.